The van der Waals surface area contributed by atoms with Crippen LogP contribution in [0, 0.1) is 13.8 Å². The number of carbonyl (C=O) groups excluding carboxylic acids is 1. The van der Waals surface area contributed by atoms with Crippen LogP contribution in [0.2, 0.25) is 0 Å². The molecule has 3 N–H and O–H groups in total. The lowest BCUT2D eigenvalue weighted by atomic mass is 10.0. The zero-order valence-electron chi connectivity index (χ0n) is 21.7. The number of aryl methyl sites for hydroxylation is 2. The van der Waals surface area contributed by atoms with Crippen LogP contribution in [0.5, 0.6) is 5.75 Å². The Kier molecular flexibility index (Phi) is 6.33. The number of tetrazole rings is 1. The number of phenols is 1. The van der Waals surface area contributed by atoms with Gasteiger partial charge in [-0.05, 0) is 65.2 Å². The number of hydrogen-bond acceptors (Lipinski definition) is 8. The molecule has 1 aliphatic rings. The van der Waals surface area contributed by atoms with Gasteiger partial charge in [0.05, 0.1) is 11.4 Å². The minimum absolute atomic E-state index is 0.0191. The number of nitrogens with zero attached hydrogens (tertiary/aromatic N) is 6. The zero-order chi connectivity index (χ0) is 27.6. The number of para-hydroxylation sites is 1. The molecule has 1 aromatic heterocycles. The number of anilines is 2. The molecule has 0 spiro atoms. The third-order valence-corrected chi connectivity index (χ3v) is 6.72. The number of aromatic amines is 1. The molecule has 0 saturated heterocycles. The normalized spacial score (nSPS) is 14.1. The first kappa shape index (κ1) is 24.7. The summed E-state index contributed by atoms with van der Waals surface area (Å²) < 4.78 is 0. The van der Waals surface area contributed by atoms with Crippen molar-refractivity contribution in [2.24, 2.45) is 10.2 Å². The first-order chi connectivity index (χ1) is 19.5. The molecule has 0 saturated carbocycles. The summed E-state index contributed by atoms with van der Waals surface area (Å²) >= 11 is 0. The lowest BCUT2D eigenvalue weighted by Gasteiger charge is -2.13. The maximum Gasteiger partial charge on any atom is 0.301 e. The zero-order valence-corrected chi connectivity index (χ0v) is 21.7. The maximum absolute atomic E-state index is 13.6. The average molecular weight is 529 g/mol. The minimum Gasteiger partial charge on any atom is -0.505 e. The summed E-state index contributed by atoms with van der Waals surface area (Å²) in [6.07, 6.45) is 0. The maximum atomic E-state index is 13.6. The van der Waals surface area contributed by atoms with E-state index in [9.17, 15) is 9.90 Å². The van der Waals surface area contributed by atoms with Crippen LogP contribution < -0.4 is 10.4 Å². The summed E-state index contributed by atoms with van der Waals surface area (Å²) in [6, 6.07) is 27.9. The number of hydrazone groups is 2. The van der Waals surface area contributed by atoms with Crippen molar-refractivity contribution in [2.75, 3.05) is 10.4 Å². The molecule has 5 aromatic rings. The first-order valence-corrected chi connectivity index (χ1v) is 12.6. The predicted octanol–water partition coefficient (Wildman–Crippen LogP) is 5.08. The largest absolute Gasteiger partial charge is 0.505 e. The molecule has 40 heavy (non-hydrogen) atoms. The van der Waals surface area contributed by atoms with Crippen LogP contribution in [-0.2, 0) is 4.79 Å². The van der Waals surface area contributed by atoms with E-state index in [4.69, 9.17) is 0 Å². The van der Waals surface area contributed by atoms with Crippen LogP contribution in [0.3, 0.4) is 0 Å². The fourth-order valence-electron chi connectivity index (χ4n) is 4.42. The van der Waals surface area contributed by atoms with Gasteiger partial charge in [-0.1, -0.05) is 66.7 Å². The van der Waals surface area contributed by atoms with Gasteiger partial charge in [-0.25, -0.2) is 5.10 Å². The summed E-state index contributed by atoms with van der Waals surface area (Å²) in [5.41, 5.74) is 9.48. The average Bonchev–Trinajstić information content (AvgIpc) is 3.63. The predicted molar refractivity (Wildman–Crippen MR) is 154 cm³/mol. The van der Waals surface area contributed by atoms with Gasteiger partial charge in [0.2, 0.25) is 0 Å². The van der Waals surface area contributed by atoms with Crippen molar-refractivity contribution in [2.45, 2.75) is 13.8 Å². The molecule has 1 aliphatic heterocycles. The number of rotatable bonds is 6. The van der Waals surface area contributed by atoms with Crippen molar-refractivity contribution < 1.29 is 9.90 Å². The number of aromatic hydroxyl groups is 1. The number of benzene rings is 4. The number of hydrogen-bond donors (Lipinski definition) is 3. The number of phenolic OH excluding ortho intramolecular Hbond substituents is 1. The van der Waals surface area contributed by atoms with Gasteiger partial charge in [-0.15, -0.1) is 5.10 Å². The van der Waals surface area contributed by atoms with E-state index in [0.717, 1.165) is 27.8 Å². The molecule has 0 unspecified atom stereocenters. The Morgan fingerprint density at radius 1 is 0.850 bits per heavy atom. The molecule has 0 atom stereocenters. The van der Waals surface area contributed by atoms with Crippen LogP contribution in [0.1, 0.15) is 16.7 Å². The highest BCUT2D eigenvalue weighted by Gasteiger charge is 2.34. The van der Waals surface area contributed by atoms with E-state index in [-0.39, 0.29) is 17.4 Å². The van der Waals surface area contributed by atoms with Gasteiger partial charge in [0.15, 0.2) is 11.5 Å². The summed E-state index contributed by atoms with van der Waals surface area (Å²) in [4.78, 5) is 13.6. The molecule has 10 nitrogen and oxygen atoms in total. The number of aromatic nitrogens is 4. The van der Waals surface area contributed by atoms with Gasteiger partial charge in [0.1, 0.15) is 11.5 Å². The number of H-pyrrole nitrogens is 1. The van der Waals surface area contributed by atoms with Crippen LogP contribution in [0.15, 0.2) is 101 Å². The fraction of sp³-hybridized carbons (Fsp3) is 0.0667. The summed E-state index contributed by atoms with van der Waals surface area (Å²) in [5, 5.41) is 35.6. The summed E-state index contributed by atoms with van der Waals surface area (Å²) in [6.45, 7) is 4.01. The molecule has 10 heteroatoms. The summed E-state index contributed by atoms with van der Waals surface area (Å²) in [7, 11) is 0. The Balaban J connectivity index is 1.35. The van der Waals surface area contributed by atoms with E-state index < -0.39 is 0 Å². The molecule has 4 aromatic carbocycles. The van der Waals surface area contributed by atoms with E-state index in [1.807, 2.05) is 86.6 Å². The highest BCUT2D eigenvalue weighted by atomic mass is 16.3. The Morgan fingerprint density at radius 2 is 1.62 bits per heavy atom. The molecule has 0 radical (unpaired) electrons. The highest BCUT2D eigenvalue weighted by Crippen LogP contribution is 2.36. The van der Waals surface area contributed by atoms with Crippen molar-refractivity contribution in [1.29, 1.82) is 0 Å². The van der Waals surface area contributed by atoms with E-state index >= 15 is 0 Å². The van der Waals surface area contributed by atoms with Crippen LogP contribution >= 0.6 is 0 Å². The Labute approximate surface area is 229 Å². The van der Waals surface area contributed by atoms with Gasteiger partial charge < -0.3 is 5.11 Å². The molecule has 0 bridgehead atoms. The second kappa shape index (κ2) is 10.3. The Bertz CT molecular complexity index is 1780. The molecule has 2 heterocycles. The molecule has 6 rings (SSSR count). The highest BCUT2D eigenvalue weighted by molar-refractivity contribution is 6.74. The van der Waals surface area contributed by atoms with Gasteiger partial charge in [-0.2, -0.15) is 15.2 Å². The van der Waals surface area contributed by atoms with E-state index in [0.29, 0.717) is 28.5 Å². The smallest absolute Gasteiger partial charge is 0.301 e. The SMILES string of the molecule is Cc1ccc(N2N=C(c3ccccc3)C(=NNc3cccc(-c4cccc(-c5nnn[nH]5)c4)c3O)C2=O)cc1C. The second-order valence-electron chi connectivity index (χ2n) is 9.30. The molecular weight excluding hydrogens is 504 g/mol. The van der Waals surface area contributed by atoms with Crippen LogP contribution in [0.25, 0.3) is 22.5 Å². The Morgan fingerprint density at radius 3 is 2.40 bits per heavy atom. The van der Waals surface area contributed by atoms with Crippen molar-refractivity contribution in [3.8, 4) is 28.3 Å². The minimum atomic E-state index is -0.376. The van der Waals surface area contributed by atoms with E-state index in [1.165, 1.54) is 5.01 Å². The number of nitrogens with one attached hydrogen (secondary N) is 2. The number of amides is 1. The van der Waals surface area contributed by atoms with Crippen LogP contribution in [-0.4, -0.2) is 43.1 Å². The van der Waals surface area contributed by atoms with Crippen molar-refractivity contribution in [3.63, 3.8) is 0 Å². The first-order valence-electron chi connectivity index (χ1n) is 12.6. The quantitative estimate of drug-likeness (QED) is 0.208. The monoisotopic (exact) mass is 528 g/mol. The molecule has 0 aliphatic carbocycles. The second-order valence-corrected chi connectivity index (χ2v) is 9.30. The third-order valence-electron chi connectivity index (χ3n) is 6.72. The van der Waals surface area contributed by atoms with Crippen molar-refractivity contribution in [1.82, 2.24) is 20.6 Å². The lowest BCUT2D eigenvalue weighted by molar-refractivity contribution is -0.112. The number of carbonyl (C=O) groups is 1. The van der Waals surface area contributed by atoms with Gasteiger partial charge in [-0.3, -0.25) is 10.2 Å². The molecule has 196 valence electrons. The van der Waals surface area contributed by atoms with E-state index in [1.54, 1.807) is 18.2 Å². The lowest BCUT2D eigenvalue weighted by Crippen LogP contribution is -2.28. The molecule has 0 fully saturated rings. The Hall–Kier alpha value is -5.64. The third kappa shape index (κ3) is 4.58. The van der Waals surface area contributed by atoms with Gasteiger partial charge in [0, 0.05) is 16.7 Å². The van der Waals surface area contributed by atoms with E-state index in [2.05, 4.69) is 36.3 Å². The van der Waals surface area contributed by atoms with Gasteiger partial charge >= 0.3 is 5.91 Å². The van der Waals surface area contributed by atoms with Crippen molar-refractivity contribution in [3.05, 3.63) is 108 Å². The van der Waals surface area contributed by atoms with Crippen molar-refractivity contribution >= 4 is 28.7 Å². The fourth-order valence-corrected chi connectivity index (χ4v) is 4.42. The molecule has 1 amide bonds. The van der Waals surface area contributed by atoms with Crippen LogP contribution in [0.4, 0.5) is 11.4 Å². The van der Waals surface area contributed by atoms with Gasteiger partial charge in [0.25, 0.3) is 0 Å². The standard InChI is InChI=1S/C30H24N8O2/c1-18-14-15-23(16-19(18)2)38-30(40)27(26(35-38)20-8-4-3-5-9-20)32-31-25-13-7-12-24(28(25)39)21-10-6-11-22(17-21)29-33-36-37-34-29/h3-17,31,39H,1-2H3,(H,33,34,36,37). The topological polar surface area (TPSA) is 132 Å². The summed E-state index contributed by atoms with van der Waals surface area (Å²) in [5.74, 6) is 0.121. The molecular formula is C30H24N8O2.